The fourth-order valence-electron chi connectivity index (χ4n) is 0.129. The van der Waals surface area contributed by atoms with Crippen LogP contribution in [0.25, 0.3) is 0 Å². The summed E-state index contributed by atoms with van der Waals surface area (Å²) in [6.45, 7) is 1.51. The minimum atomic E-state index is -0.177. The molecule has 0 rings (SSSR count). The van der Waals surface area contributed by atoms with Crippen molar-refractivity contribution in [3.8, 4) is 0 Å². The molecule has 0 aliphatic carbocycles. The molecule has 7 heavy (non-hydrogen) atoms. The Morgan fingerprint density at radius 1 is 1.86 bits per heavy atom. The average Bonchev–Trinajstić information content (AvgIpc) is 1.65. The van der Waals surface area contributed by atoms with Gasteiger partial charge in [-0.2, -0.15) is 25.3 Å². The molecule has 0 radical (unpaired) electrons. The summed E-state index contributed by atoms with van der Waals surface area (Å²) in [5.74, 6) is 0.608. The van der Waals surface area contributed by atoms with E-state index in [-0.39, 0.29) is 11.0 Å². The van der Waals surface area contributed by atoms with Crippen molar-refractivity contribution >= 4 is 31.0 Å². The van der Waals surface area contributed by atoms with Crippen molar-refractivity contribution in [2.75, 3.05) is 5.75 Å². The summed E-state index contributed by atoms with van der Waals surface area (Å²) in [7, 11) is 0. The van der Waals surface area contributed by atoms with Crippen LogP contribution in [0.5, 0.6) is 0 Å². The van der Waals surface area contributed by atoms with Crippen LogP contribution in [0.3, 0.4) is 0 Å². The van der Waals surface area contributed by atoms with Crippen molar-refractivity contribution in [2.45, 2.75) is 12.2 Å². The second kappa shape index (κ2) is 3.38. The van der Waals surface area contributed by atoms with Crippen molar-refractivity contribution < 1.29 is 4.79 Å². The predicted molar refractivity (Wildman–Crippen MR) is 37.3 cm³/mol. The summed E-state index contributed by atoms with van der Waals surface area (Å²) in [6, 6.07) is 0. The molecule has 0 saturated carbocycles. The lowest BCUT2D eigenvalue weighted by Crippen LogP contribution is -2.10. The maximum absolute atomic E-state index is 10.2. The van der Waals surface area contributed by atoms with Gasteiger partial charge in [-0.1, -0.05) is 0 Å². The number of carbonyl (C=O) groups is 1. The number of thiol groups is 2. The quantitative estimate of drug-likeness (QED) is 0.537. The third-order valence-corrected chi connectivity index (χ3v) is 1.84. The molecule has 0 heterocycles. The lowest BCUT2D eigenvalue weighted by Gasteiger charge is -1.96. The van der Waals surface area contributed by atoms with Gasteiger partial charge in [0.05, 0.1) is 5.25 Å². The molecule has 0 saturated heterocycles. The zero-order valence-corrected chi connectivity index (χ0v) is 5.88. The van der Waals surface area contributed by atoms with Crippen LogP contribution in [0.2, 0.25) is 0 Å². The van der Waals surface area contributed by atoms with Crippen LogP contribution in [-0.2, 0) is 4.79 Å². The maximum Gasteiger partial charge on any atom is 0.143 e. The van der Waals surface area contributed by atoms with E-state index >= 15 is 0 Å². The summed E-state index contributed by atoms with van der Waals surface area (Å²) in [6.07, 6.45) is 0. The molecule has 0 aliphatic heterocycles. The second-order valence-electron chi connectivity index (χ2n) is 1.31. The number of rotatable bonds is 2. The third kappa shape index (κ3) is 3.00. The van der Waals surface area contributed by atoms with Gasteiger partial charge in [0, 0.05) is 5.75 Å². The van der Waals surface area contributed by atoms with Crippen molar-refractivity contribution in [1.29, 1.82) is 0 Å². The van der Waals surface area contributed by atoms with E-state index in [2.05, 4.69) is 25.3 Å². The van der Waals surface area contributed by atoms with E-state index in [1.54, 1.807) is 0 Å². The number of ketones is 1. The number of hydrogen-bond acceptors (Lipinski definition) is 3. The first-order valence-electron chi connectivity index (χ1n) is 1.98. The summed E-state index contributed by atoms with van der Waals surface area (Å²) in [5, 5.41) is -0.177. The van der Waals surface area contributed by atoms with Crippen LogP contribution in [0, 0.1) is 0 Å². The largest absolute Gasteiger partial charge is 0.299 e. The van der Waals surface area contributed by atoms with Crippen LogP contribution < -0.4 is 0 Å². The first-order chi connectivity index (χ1) is 3.18. The van der Waals surface area contributed by atoms with Crippen LogP contribution >= 0.6 is 25.3 Å². The van der Waals surface area contributed by atoms with Crippen LogP contribution in [0.4, 0.5) is 0 Å². The van der Waals surface area contributed by atoms with E-state index < -0.39 is 0 Å². The van der Waals surface area contributed by atoms with Crippen molar-refractivity contribution in [2.24, 2.45) is 0 Å². The third-order valence-electron chi connectivity index (χ3n) is 0.642. The van der Waals surface area contributed by atoms with E-state index in [0.717, 1.165) is 0 Å². The van der Waals surface area contributed by atoms with Gasteiger partial charge in [0.1, 0.15) is 5.78 Å². The molecule has 0 amide bonds. The van der Waals surface area contributed by atoms with E-state index in [9.17, 15) is 4.79 Å². The minimum Gasteiger partial charge on any atom is -0.299 e. The molecule has 0 aromatic rings. The van der Waals surface area contributed by atoms with Gasteiger partial charge in [0.15, 0.2) is 0 Å². The molecule has 0 unspecified atom stereocenters. The predicted octanol–water partition coefficient (Wildman–Crippen LogP) is 0.804. The molecule has 0 spiro atoms. The Morgan fingerprint density at radius 3 is 2.29 bits per heavy atom. The number of carbonyl (C=O) groups excluding carboxylic acids is 1. The molecule has 0 fully saturated rings. The Bertz CT molecular complexity index is 72.1. The van der Waals surface area contributed by atoms with Gasteiger partial charge in [0.25, 0.3) is 0 Å². The Morgan fingerprint density at radius 2 is 2.29 bits per heavy atom. The fourth-order valence-corrected chi connectivity index (χ4v) is 0.386. The Hall–Kier alpha value is 0.370. The summed E-state index contributed by atoms with van der Waals surface area (Å²) in [5.41, 5.74) is 0. The Balaban J connectivity index is 3.34. The maximum atomic E-state index is 10.2. The summed E-state index contributed by atoms with van der Waals surface area (Å²) >= 11 is 7.76. The van der Waals surface area contributed by atoms with Crippen LogP contribution in [0.15, 0.2) is 0 Å². The summed E-state index contributed by atoms with van der Waals surface area (Å²) < 4.78 is 0. The Kier molecular flexibility index (Phi) is 3.56. The smallest absolute Gasteiger partial charge is 0.143 e. The molecule has 0 bridgehead atoms. The zero-order chi connectivity index (χ0) is 5.86. The monoisotopic (exact) mass is 136 g/mol. The van der Waals surface area contributed by atoms with E-state index in [0.29, 0.717) is 5.75 Å². The molecule has 42 valence electrons. The van der Waals surface area contributed by atoms with Gasteiger partial charge in [0.2, 0.25) is 0 Å². The molecule has 3 heteroatoms. The van der Waals surface area contributed by atoms with Gasteiger partial charge in [-0.3, -0.25) is 4.79 Å². The highest BCUT2D eigenvalue weighted by molar-refractivity contribution is 7.85. The molecular formula is C4H8OS2. The number of Topliss-reactive ketones (excluding diaryl/α,β-unsaturated/α-hetero) is 1. The average molecular weight is 136 g/mol. The molecule has 1 atom stereocenters. The zero-order valence-electron chi connectivity index (χ0n) is 4.09. The highest BCUT2D eigenvalue weighted by Gasteiger charge is 2.02. The molecule has 0 N–H and O–H groups in total. The molecule has 0 aromatic heterocycles. The Labute approximate surface area is 54.3 Å². The standard InChI is InChI=1S/C4H8OS2/c1-3(5)4(7)2-6/h4,6-7H,2H2,1H3/t4-/m0/s1. The van der Waals surface area contributed by atoms with Crippen LogP contribution in [-0.4, -0.2) is 16.8 Å². The van der Waals surface area contributed by atoms with Gasteiger partial charge in [-0.25, -0.2) is 0 Å². The highest BCUT2D eigenvalue weighted by Crippen LogP contribution is 1.96. The molecular weight excluding hydrogens is 128 g/mol. The van der Waals surface area contributed by atoms with Crippen molar-refractivity contribution in [1.82, 2.24) is 0 Å². The second-order valence-corrected chi connectivity index (χ2v) is 2.30. The summed E-state index contributed by atoms with van der Waals surface area (Å²) in [4.78, 5) is 10.2. The van der Waals surface area contributed by atoms with Crippen molar-refractivity contribution in [3.63, 3.8) is 0 Å². The lowest BCUT2D eigenvalue weighted by atomic mass is 10.3. The first-order valence-corrected chi connectivity index (χ1v) is 3.12. The van der Waals surface area contributed by atoms with Crippen molar-refractivity contribution in [3.05, 3.63) is 0 Å². The topological polar surface area (TPSA) is 17.1 Å². The van der Waals surface area contributed by atoms with Gasteiger partial charge < -0.3 is 0 Å². The van der Waals surface area contributed by atoms with E-state index in [4.69, 9.17) is 0 Å². The molecule has 0 aliphatic rings. The lowest BCUT2D eigenvalue weighted by molar-refractivity contribution is -0.116. The number of hydrogen-bond donors (Lipinski definition) is 2. The van der Waals surface area contributed by atoms with E-state index in [1.165, 1.54) is 6.92 Å². The fraction of sp³-hybridized carbons (Fsp3) is 0.750. The SMILES string of the molecule is CC(=O)[C@@H](S)CS. The minimum absolute atomic E-state index is 0.0818. The van der Waals surface area contributed by atoms with Gasteiger partial charge in [-0.15, -0.1) is 0 Å². The molecule has 1 nitrogen and oxygen atoms in total. The van der Waals surface area contributed by atoms with E-state index in [1.807, 2.05) is 0 Å². The van der Waals surface area contributed by atoms with Gasteiger partial charge >= 0.3 is 0 Å². The normalized spacial score (nSPS) is 13.6. The van der Waals surface area contributed by atoms with Gasteiger partial charge in [-0.05, 0) is 6.92 Å². The highest BCUT2D eigenvalue weighted by atomic mass is 32.1. The first kappa shape index (κ1) is 7.37. The molecule has 0 aromatic carbocycles. The van der Waals surface area contributed by atoms with Crippen LogP contribution in [0.1, 0.15) is 6.92 Å².